The van der Waals surface area contributed by atoms with Gasteiger partial charge in [0, 0.05) is 48.8 Å². The number of hydrogen-bond acceptors (Lipinski definition) is 6. The van der Waals surface area contributed by atoms with E-state index in [-0.39, 0.29) is 17.7 Å². The number of piperazine rings is 1. The molecule has 2 N–H and O–H groups in total. The van der Waals surface area contributed by atoms with Crippen LogP contribution < -0.4 is 5.73 Å². The van der Waals surface area contributed by atoms with E-state index in [1.165, 1.54) is 0 Å². The number of amides is 2. The van der Waals surface area contributed by atoms with Crippen molar-refractivity contribution in [2.45, 2.75) is 18.9 Å². The molecule has 1 atom stereocenters. The van der Waals surface area contributed by atoms with E-state index in [1.807, 2.05) is 21.2 Å². The molecule has 2 saturated heterocycles. The zero-order valence-corrected chi connectivity index (χ0v) is 16.2. The molecule has 0 bridgehead atoms. The van der Waals surface area contributed by atoms with Crippen molar-refractivity contribution in [1.82, 2.24) is 9.80 Å². The summed E-state index contributed by atoms with van der Waals surface area (Å²) in [7, 11) is 0. The number of hydrogen-bond donors (Lipinski definition) is 1. The van der Waals surface area contributed by atoms with E-state index >= 15 is 0 Å². The van der Waals surface area contributed by atoms with Gasteiger partial charge < -0.3 is 20.3 Å². The molecule has 0 spiro atoms. The molecule has 140 valence electrons. The van der Waals surface area contributed by atoms with E-state index in [1.54, 1.807) is 22.7 Å². The number of rotatable bonds is 3. The van der Waals surface area contributed by atoms with Crippen LogP contribution in [0.25, 0.3) is 9.40 Å². The molecule has 0 radical (unpaired) electrons. The van der Waals surface area contributed by atoms with Gasteiger partial charge in [0.2, 0.25) is 5.91 Å². The van der Waals surface area contributed by atoms with Crippen LogP contribution in [-0.2, 0) is 9.53 Å². The number of fused-ring (bicyclic) bond motifs is 1. The topological polar surface area (TPSA) is 75.9 Å². The highest BCUT2D eigenvalue weighted by molar-refractivity contribution is 7.27. The smallest absolute Gasteiger partial charge is 0.264 e. The van der Waals surface area contributed by atoms with Crippen LogP contribution >= 0.6 is 22.7 Å². The second-order valence-corrected chi connectivity index (χ2v) is 8.88. The molecular weight excluding hydrogens is 370 g/mol. The number of carbonyl (C=O) groups excluding carboxylic acids is 2. The van der Waals surface area contributed by atoms with Crippen LogP contribution in [0.15, 0.2) is 17.5 Å². The lowest BCUT2D eigenvalue weighted by atomic mass is 9.91. The van der Waals surface area contributed by atoms with E-state index in [9.17, 15) is 9.59 Å². The standard InChI is InChI=1S/C18H23N3O3S2/c19-16(12-1-8-24-9-2-12)18(23)21-6-4-20(5-7-21)17(22)15-11-14-13(26-15)3-10-25-14/h3,10-12,16H,1-2,4-9,19H2. The lowest BCUT2D eigenvalue weighted by Crippen LogP contribution is -2.56. The third kappa shape index (κ3) is 3.51. The summed E-state index contributed by atoms with van der Waals surface area (Å²) in [6.07, 6.45) is 1.70. The first-order valence-corrected chi connectivity index (χ1v) is 10.7. The first-order valence-electron chi connectivity index (χ1n) is 9.02. The molecule has 4 heterocycles. The molecular formula is C18H23N3O3S2. The minimum absolute atomic E-state index is 0.0145. The first-order chi connectivity index (χ1) is 12.6. The molecule has 2 aliphatic rings. The Morgan fingerprint density at radius 2 is 1.81 bits per heavy atom. The summed E-state index contributed by atoms with van der Waals surface area (Å²) in [4.78, 5) is 29.9. The third-order valence-electron chi connectivity index (χ3n) is 5.29. The zero-order valence-electron chi connectivity index (χ0n) is 14.6. The summed E-state index contributed by atoms with van der Waals surface area (Å²) in [6.45, 7) is 3.62. The lowest BCUT2D eigenvalue weighted by molar-refractivity contribution is -0.136. The summed E-state index contributed by atoms with van der Waals surface area (Å²) >= 11 is 3.20. The average molecular weight is 394 g/mol. The Labute approximate surface area is 160 Å². The highest BCUT2D eigenvalue weighted by Crippen LogP contribution is 2.31. The maximum Gasteiger partial charge on any atom is 0.264 e. The van der Waals surface area contributed by atoms with Crippen molar-refractivity contribution >= 4 is 43.9 Å². The van der Waals surface area contributed by atoms with Crippen molar-refractivity contribution in [3.63, 3.8) is 0 Å². The molecule has 6 nitrogen and oxygen atoms in total. The maximum atomic E-state index is 12.7. The maximum absolute atomic E-state index is 12.7. The minimum Gasteiger partial charge on any atom is -0.381 e. The van der Waals surface area contributed by atoms with Crippen LogP contribution in [0.4, 0.5) is 0 Å². The number of nitrogens with zero attached hydrogens (tertiary/aromatic N) is 2. The minimum atomic E-state index is -0.453. The molecule has 0 aliphatic carbocycles. The Hall–Kier alpha value is -1.48. The quantitative estimate of drug-likeness (QED) is 0.865. The van der Waals surface area contributed by atoms with Gasteiger partial charge in [0.25, 0.3) is 5.91 Å². The molecule has 2 aromatic heterocycles. The van der Waals surface area contributed by atoms with Crippen LogP contribution in [0.2, 0.25) is 0 Å². The highest BCUT2D eigenvalue weighted by atomic mass is 32.1. The van der Waals surface area contributed by atoms with Crippen molar-refractivity contribution in [3.8, 4) is 0 Å². The van der Waals surface area contributed by atoms with Crippen molar-refractivity contribution in [2.75, 3.05) is 39.4 Å². The van der Waals surface area contributed by atoms with Crippen molar-refractivity contribution < 1.29 is 14.3 Å². The van der Waals surface area contributed by atoms with Crippen LogP contribution in [-0.4, -0.2) is 67.0 Å². The average Bonchev–Trinajstić information content (AvgIpc) is 3.29. The Morgan fingerprint density at radius 3 is 2.50 bits per heavy atom. The van der Waals surface area contributed by atoms with Crippen LogP contribution in [0.5, 0.6) is 0 Å². The summed E-state index contributed by atoms with van der Waals surface area (Å²) in [5, 5.41) is 2.04. The van der Waals surface area contributed by atoms with Gasteiger partial charge in [-0.05, 0) is 36.3 Å². The van der Waals surface area contributed by atoms with Gasteiger partial charge in [0.15, 0.2) is 0 Å². The molecule has 8 heteroatoms. The third-order valence-corrected chi connectivity index (χ3v) is 7.37. The largest absolute Gasteiger partial charge is 0.381 e. The second kappa shape index (κ2) is 7.64. The zero-order chi connectivity index (χ0) is 18.1. The number of ether oxygens (including phenoxy) is 1. The first kappa shape index (κ1) is 17.9. The van der Waals surface area contributed by atoms with Crippen LogP contribution in [0, 0.1) is 5.92 Å². The van der Waals surface area contributed by atoms with E-state index in [4.69, 9.17) is 10.5 Å². The van der Waals surface area contributed by atoms with Gasteiger partial charge in [0.05, 0.1) is 10.9 Å². The summed E-state index contributed by atoms with van der Waals surface area (Å²) in [6, 6.07) is 3.58. The summed E-state index contributed by atoms with van der Waals surface area (Å²) in [5.41, 5.74) is 6.22. The fourth-order valence-electron chi connectivity index (χ4n) is 3.64. The SMILES string of the molecule is NC(C(=O)N1CCN(C(=O)c2cc3sccc3s2)CC1)C1CCOCC1. The van der Waals surface area contributed by atoms with Gasteiger partial charge in [-0.1, -0.05) is 0 Å². The van der Waals surface area contributed by atoms with Crippen molar-refractivity contribution in [1.29, 1.82) is 0 Å². The second-order valence-electron chi connectivity index (χ2n) is 6.85. The van der Waals surface area contributed by atoms with E-state index < -0.39 is 6.04 Å². The molecule has 2 aliphatic heterocycles. The molecule has 2 aromatic rings. The van der Waals surface area contributed by atoms with Gasteiger partial charge in [0.1, 0.15) is 0 Å². The monoisotopic (exact) mass is 393 g/mol. The summed E-state index contributed by atoms with van der Waals surface area (Å²) < 4.78 is 7.67. The lowest BCUT2D eigenvalue weighted by Gasteiger charge is -2.37. The van der Waals surface area contributed by atoms with Crippen LogP contribution in [0.1, 0.15) is 22.5 Å². The molecule has 1 unspecified atom stereocenters. The van der Waals surface area contributed by atoms with E-state index in [0.29, 0.717) is 39.4 Å². The van der Waals surface area contributed by atoms with Gasteiger partial charge in [-0.3, -0.25) is 9.59 Å². The van der Waals surface area contributed by atoms with Gasteiger partial charge in [-0.2, -0.15) is 0 Å². The fourth-order valence-corrected chi connectivity index (χ4v) is 5.72. The van der Waals surface area contributed by atoms with Crippen LogP contribution in [0.3, 0.4) is 0 Å². The molecule has 4 rings (SSSR count). The Kier molecular flexibility index (Phi) is 5.26. The molecule has 2 amide bonds. The predicted octanol–water partition coefficient (Wildman–Crippen LogP) is 2.00. The fraction of sp³-hybridized carbons (Fsp3) is 0.556. The summed E-state index contributed by atoms with van der Waals surface area (Å²) in [5.74, 6) is 0.287. The molecule has 26 heavy (non-hydrogen) atoms. The molecule has 2 fully saturated rings. The Balaban J connectivity index is 1.33. The normalized spacial score (nSPS) is 20.5. The van der Waals surface area contributed by atoms with Gasteiger partial charge in [-0.15, -0.1) is 22.7 Å². The molecule has 0 saturated carbocycles. The highest BCUT2D eigenvalue weighted by Gasteiger charge is 2.32. The van der Waals surface area contributed by atoms with E-state index in [2.05, 4.69) is 6.07 Å². The van der Waals surface area contributed by atoms with Gasteiger partial charge in [-0.25, -0.2) is 0 Å². The Bertz CT molecular complexity index is 760. The molecule has 0 aromatic carbocycles. The number of carbonyl (C=O) groups is 2. The van der Waals surface area contributed by atoms with Gasteiger partial charge >= 0.3 is 0 Å². The predicted molar refractivity (Wildman–Crippen MR) is 104 cm³/mol. The number of thiophene rings is 2. The Morgan fingerprint density at radius 1 is 1.12 bits per heavy atom. The van der Waals surface area contributed by atoms with Crippen molar-refractivity contribution in [3.05, 3.63) is 22.4 Å². The number of nitrogens with two attached hydrogens (primary N) is 1. The van der Waals surface area contributed by atoms with Crippen molar-refractivity contribution in [2.24, 2.45) is 11.7 Å². The van der Waals surface area contributed by atoms with E-state index in [0.717, 1.165) is 27.1 Å².